The maximum Gasteiger partial charge on any atom is 0.161 e. The molecule has 4 aromatic rings. The van der Waals surface area contributed by atoms with Crippen LogP contribution in [0.4, 0.5) is 5.82 Å². The molecule has 0 aliphatic rings. The number of anilines is 1. The summed E-state index contributed by atoms with van der Waals surface area (Å²) in [6.07, 6.45) is 1.94. The molecule has 0 saturated heterocycles. The Hall–Kier alpha value is -3.14. The number of rotatable bonds is 4. The molecule has 0 unspecified atom stereocenters. The molecule has 24 heavy (non-hydrogen) atoms. The average molecular weight is 314 g/mol. The molecule has 0 aliphatic carbocycles. The van der Waals surface area contributed by atoms with E-state index < -0.39 is 0 Å². The average Bonchev–Trinajstić information content (AvgIpc) is 3.08. The number of aryl methyl sites for hydroxylation is 1. The minimum absolute atomic E-state index is 0.744. The lowest BCUT2D eigenvalue weighted by atomic mass is 10.1. The summed E-state index contributed by atoms with van der Waals surface area (Å²) in [7, 11) is 0. The molecule has 4 rings (SSSR count). The van der Waals surface area contributed by atoms with E-state index in [0.717, 1.165) is 40.3 Å². The lowest BCUT2D eigenvalue weighted by Gasteiger charge is -2.09. The Bertz CT molecular complexity index is 973. The van der Waals surface area contributed by atoms with Crippen LogP contribution in [-0.2, 0) is 6.54 Å². The third-order valence-electron chi connectivity index (χ3n) is 3.98. The summed E-state index contributed by atoms with van der Waals surface area (Å²) >= 11 is 0. The molecule has 0 atom stereocenters. The smallest absolute Gasteiger partial charge is 0.161 e. The van der Waals surface area contributed by atoms with E-state index in [1.807, 2.05) is 37.4 Å². The monoisotopic (exact) mass is 314 g/mol. The van der Waals surface area contributed by atoms with Crippen molar-refractivity contribution in [2.75, 3.05) is 5.32 Å². The SMILES string of the molecule is Cc1cc(NCc2ccccc2)nc(-c2ccc3[nH]ccc3c2)n1. The van der Waals surface area contributed by atoms with Crippen molar-refractivity contribution >= 4 is 16.7 Å². The number of nitrogens with zero attached hydrogens (tertiary/aromatic N) is 2. The van der Waals surface area contributed by atoms with Gasteiger partial charge in [-0.05, 0) is 36.8 Å². The van der Waals surface area contributed by atoms with Gasteiger partial charge in [-0.2, -0.15) is 0 Å². The summed E-state index contributed by atoms with van der Waals surface area (Å²) in [5.41, 5.74) is 4.32. The number of aromatic nitrogens is 3. The second kappa shape index (κ2) is 6.16. The first-order chi connectivity index (χ1) is 11.8. The quantitative estimate of drug-likeness (QED) is 0.581. The van der Waals surface area contributed by atoms with Gasteiger partial charge in [0, 0.05) is 41.0 Å². The Morgan fingerprint density at radius 2 is 1.83 bits per heavy atom. The molecule has 2 aromatic heterocycles. The number of fused-ring (bicyclic) bond motifs is 1. The zero-order valence-electron chi connectivity index (χ0n) is 13.5. The highest BCUT2D eigenvalue weighted by atomic mass is 15.0. The van der Waals surface area contributed by atoms with Crippen LogP contribution in [0.15, 0.2) is 66.9 Å². The zero-order valence-corrected chi connectivity index (χ0v) is 13.5. The molecule has 0 radical (unpaired) electrons. The van der Waals surface area contributed by atoms with E-state index in [-0.39, 0.29) is 0 Å². The highest BCUT2D eigenvalue weighted by Gasteiger charge is 2.06. The lowest BCUT2D eigenvalue weighted by Crippen LogP contribution is -2.03. The summed E-state index contributed by atoms with van der Waals surface area (Å²) in [5.74, 6) is 1.59. The summed E-state index contributed by atoms with van der Waals surface area (Å²) in [5, 5.41) is 4.55. The van der Waals surface area contributed by atoms with Crippen molar-refractivity contribution in [1.29, 1.82) is 0 Å². The minimum Gasteiger partial charge on any atom is -0.366 e. The van der Waals surface area contributed by atoms with Crippen LogP contribution in [0.25, 0.3) is 22.3 Å². The van der Waals surface area contributed by atoms with Crippen molar-refractivity contribution in [2.24, 2.45) is 0 Å². The predicted octanol–water partition coefficient (Wildman–Crippen LogP) is 4.55. The van der Waals surface area contributed by atoms with Gasteiger partial charge in [-0.1, -0.05) is 30.3 Å². The molecule has 4 nitrogen and oxygen atoms in total. The molecule has 0 saturated carbocycles. The number of nitrogens with one attached hydrogen (secondary N) is 2. The van der Waals surface area contributed by atoms with E-state index in [0.29, 0.717) is 0 Å². The molecule has 0 amide bonds. The topological polar surface area (TPSA) is 53.6 Å². The van der Waals surface area contributed by atoms with Crippen LogP contribution in [0.2, 0.25) is 0 Å². The Labute approximate surface area is 140 Å². The van der Waals surface area contributed by atoms with Gasteiger partial charge in [-0.15, -0.1) is 0 Å². The van der Waals surface area contributed by atoms with Crippen molar-refractivity contribution in [3.8, 4) is 11.4 Å². The molecule has 2 N–H and O–H groups in total. The number of aromatic amines is 1. The summed E-state index contributed by atoms with van der Waals surface area (Å²) in [6, 6.07) is 20.6. The van der Waals surface area contributed by atoms with Crippen molar-refractivity contribution in [3.63, 3.8) is 0 Å². The van der Waals surface area contributed by atoms with E-state index in [2.05, 4.69) is 56.7 Å². The third-order valence-corrected chi connectivity index (χ3v) is 3.98. The fourth-order valence-electron chi connectivity index (χ4n) is 2.77. The van der Waals surface area contributed by atoms with E-state index in [4.69, 9.17) is 0 Å². The van der Waals surface area contributed by atoms with Crippen LogP contribution < -0.4 is 5.32 Å². The minimum atomic E-state index is 0.744. The van der Waals surface area contributed by atoms with Crippen molar-refractivity contribution in [1.82, 2.24) is 15.0 Å². The van der Waals surface area contributed by atoms with E-state index in [1.54, 1.807) is 0 Å². The first-order valence-corrected chi connectivity index (χ1v) is 7.99. The molecule has 2 heterocycles. The van der Waals surface area contributed by atoms with Crippen LogP contribution in [0.3, 0.4) is 0 Å². The molecule has 0 spiro atoms. The summed E-state index contributed by atoms with van der Waals surface area (Å²) in [6.45, 7) is 2.74. The number of hydrogen-bond donors (Lipinski definition) is 2. The first-order valence-electron chi connectivity index (χ1n) is 7.99. The molecule has 2 aromatic carbocycles. The number of hydrogen-bond acceptors (Lipinski definition) is 3. The van der Waals surface area contributed by atoms with Gasteiger partial charge in [0.05, 0.1) is 0 Å². The van der Waals surface area contributed by atoms with Gasteiger partial charge >= 0.3 is 0 Å². The van der Waals surface area contributed by atoms with Crippen LogP contribution in [0, 0.1) is 6.92 Å². The zero-order chi connectivity index (χ0) is 16.4. The standard InChI is InChI=1S/C20H18N4/c1-14-11-19(22-13-15-5-3-2-4-6-15)24-20(23-14)17-7-8-18-16(12-17)9-10-21-18/h2-12,21H,13H2,1H3,(H,22,23,24). The lowest BCUT2D eigenvalue weighted by molar-refractivity contribution is 1.06. The highest BCUT2D eigenvalue weighted by molar-refractivity contribution is 5.83. The Kier molecular flexibility index (Phi) is 3.71. The van der Waals surface area contributed by atoms with Crippen LogP contribution in [-0.4, -0.2) is 15.0 Å². The van der Waals surface area contributed by atoms with Gasteiger partial charge in [0.2, 0.25) is 0 Å². The second-order valence-corrected chi connectivity index (χ2v) is 5.84. The highest BCUT2D eigenvalue weighted by Crippen LogP contribution is 2.23. The van der Waals surface area contributed by atoms with Gasteiger partial charge in [0.1, 0.15) is 5.82 Å². The van der Waals surface area contributed by atoms with Gasteiger partial charge in [0.15, 0.2) is 5.82 Å². The molecule has 0 fully saturated rings. The molecule has 4 heteroatoms. The van der Waals surface area contributed by atoms with Crippen molar-refractivity contribution in [3.05, 3.63) is 78.1 Å². The van der Waals surface area contributed by atoms with Gasteiger partial charge in [-0.25, -0.2) is 9.97 Å². The number of H-pyrrole nitrogens is 1. The van der Waals surface area contributed by atoms with Crippen LogP contribution in [0.1, 0.15) is 11.3 Å². The van der Waals surface area contributed by atoms with Crippen molar-refractivity contribution < 1.29 is 0 Å². The van der Waals surface area contributed by atoms with Crippen LogP contribution in [0.5, 0.6) is 0 Å². The first kappa shape index (κ1) is 14.5. The predicted molar refractivity (Wildman–Crippen MR) is 97.8 cm³/mol. The Morgan fingerprint density at radius 1 is 0.958 bits per heavy atom. The normalized spacial score (nSPS) is 10.9. The summed E-state index contributed by atoms with van der Waals surface area (Å²) < 4.78 is 0. The Morgan fingerprint density at radius 3 is 2.71 bits per heavy atom. The van der Waals surface area contributed by atoms with Crippen LogP contribution >= 0.6 is 0 Å². The fraction of sp³-hybridized carbons (Fsp3) is 0.100. The van der Waals surface area contributed by atoms with E-state index in [9.17, 15) is 0 Å². The Balaban J connectivity index is 1.63. The molecule has 0 aliphatic heterocycles. The van der Waals surface area contributed by atoms with Gasteiger partial charge in [0.25, 0.3) is 0 Å². The van der Waals surface area contributed by atoms with Gasteiger partial charge < -0.3 is 10.3 Å². The summed E-state index contributed by atoms with van der Waals surface area (Å²) in [4.78, 5) is 12.5. The maximum atomic E-state index is 4.68. The largest absolute Gasteiger partial charge is 0.366 e. The number of benzene rings is 2. The molecule has 118 valence electrons. The molecular formula is C20H18N4. The third kappa shape index (κ3) is 2.99. The van der Waals surface area contributed by atoms with E-state index >= 15 is 0 Å². The van der Waals surface area contributed by atoms with Crippen molar-refractivity contribution in [2.45, 2.75) is 13.5 Å². The second-order valence-electron chi connectivity index (χ2n) is 5.84. The molecular weight excluding hydrogens is 296 g/mol. The molecule has 0 bridgehead atoms. The van der Waals surface area contributed by atoms with E-state index in [1.165, 1.54) is 5.56 Å². The fourth-order valence-corrected chi connectivity index (χ4v) is 2.77. The maximum absolute atomic E-state index is 4.68. The van der Waals surface area contributed by atoms with Gasteiger partial charge in [-0.3, -0.25) is 0 Å².